The number of amides is 2. The lowest BCUT2D eigenvalue weighted by molar-refractivity contribution is -0.113. The SMILES string of the molecule is C=CCn1c(SCC(=O)Nc2sc3c(c2C#N)CCCC3)nnc1[C@H](NC(=O)c1ccc(OC)cc1)C(C)C. The van der Waals surface area contributed by atoms with E-state index in [1.807, 2.05) is 18.4 Å². The Bertz CT molecular complexity index is 1390. The quantitative estimate of drug-likeness (QED) is 0.244. The van der Waals surface area contributed by atoms with Crippen LogP contribution in [0.3, 0.4) is 0 Å². The van der Waals surface area contributed by atoms with Gasteiger partial charge in [0.2, 0.25) is 5.91 Å². The number of hydrogen-bond acceptors (Lipinski definition) is 8. The number of nitrogens with zero attached hydrogens (tertiary/aromatic N) is 4. The number of thioether (sulfide) groups is 1. The molecule has 0 fully saturated rings. The van der Waals surface area contributed by atoms with Crippen LogP contribution >= 0.6 is 23.1 Å². The molecular weight excluding hydrogens is 532 g/mol. The number of aromatic nitrogens is 3. The van der Waals surface area contributed by atoms with Crippen molar-refractivity contribution in [3.05, 3.63) is 64.3 Å². The van der Waals surface area contributed by atoms with E-state index in [-0.39, 0.29) is 23.5 Å². The van der Waals surface area contributed by atoms with Crippen LogP contribution in [0.15, 0.2) is 42.1 Å². The normalized spacial score (nSPS) is 13.3. The summed E-state index contributed by atoms with van der Waals surface area (Å²) in [6.07, 6.45) is 5.76. The molecule has 204 valence electrons. The maximum atomic E-state index is 13.0. The molecule has 1 aliphatic carbocycles. The van der Waals surface area contributed by atoms with Gasteiger partial charge < -0.3 is 19.9 Å². The third-order valence-electron chi connectivity index (χ3n) is 6.51. The molecule has 11 heteroatoms. The predicted molar refractivity (Wildman–Crippen MR) is 153 cm³/mol. The summed E-state index contributed by atoms with van der Waals surface area (Å²) in [6.45, 7) is 8.28. The van der Waals surface area contributed by atoms with Crippen LogP contribution in [0.4, 0.5) is 5.00 Å². The summed E-state index contributed by atoms with van der Waals surface area (Å²) in [4.78, 5) is 27.1. The summed E-state index contributed by atoms with van der Waals surface area (Å²) in [5.74, 6) is 0.949. The van der Waals surface area contributed by atoms with E-state index in [9.17, 15) is 14.9 Å². The fourth-order valence-electron chi connectivity index (χ4n) is 4.50. The number of anilines is 1. The van der Waals surface area contributed by atoms with Gasteiger partial charge in [0, 0.05) is 17.0 Å². The van der Waals surface area contributed by atoms with Gasteiger partial charge in [0.05, 0.1) is 24.5 Å². The van der Waals surface area contributed by atoms with Crippen LogP contribution in [-0.4, -0.2) is 39.4 Å². The molecule has 0 radical (unpaired) electrons. The van der Waals surface area contributed by atoms with E-state index in [1.54, 1.807) is 37.5 Å². The number of carbonyl (C=O) groups excluding carboxylic acids is 2. The van der Waals surface area contributed by atoms with Gasteiger partial charge in [-0.25, -0.2) is 0 Å². The zero-order chi connectivity index (χ0) is 27.9. The fourth-order valence-corrected chi connectivity index (χ4v) is 6.51. The largest absolute Gasteiger partial charge is 0.497 e. The van der Waals surface area contributed by atoms with Gasteiger partial charge >= 0.3 is 0 Å². The first-order chi connectivity index (χ1) is 18.9. The summed E-state index contributed by atoms with van der Waals surface area (Å²) < 4.78 is 7.05. The van der Waals surface area contributed by atoms with Gasteiger partial charge in [-0.1, -0.05) is 31.7 Å². The van der Waals surface area contributed by atoms with E-state index in [2.05, 4.69) is 33.5 Å². The Morgan fingerprint density at radius 2 is 2.00 bits per heavy atom. The minimum absolute atomic E-state index is 0.0235. The molecule has 2 aromatic heterocycles. The summed E-state index contributed by atoms with van der Waals surface area (Å²) in [5, 5.41) is 25.6. The number of fused-ring (bicyclic) bond motifs is 1. The number of methoxy groups -OCH3 is 1. The fraction of sp³-hybridized carbons (Fsp3) is 0.393. The smallest absolute Gasteiger partial charge is 0.251 e. The molecule has 4 rings (SSSR count). The Hall–Kier alpha value is -3.62. The number of nitriles is 1. The lowest BCUT2D eigenvalue weighted by Gasteiger charge is -2.22. The first-order valence-electron chi connectivity index (χ1n) is 12.8. The van der Waals surface area contributed by atoms with E-state index in [4.69, 9.17) is 4.74 Å². The number of ether oxygens (including phenoxy) is 1. The lowest BCUT2D eigenvalue weighted by Crippen LogP contribution is -2.33. The molecule has 0 saturated heterocycles. The molecule has 1 aromatic carbocycles. The van der Waals surface area contributed by atoms with Gasteiger partial charge in [-0.05, 0) is 61.4 Å². The molecule has 0 saturated carbocycles. The minimum Gasteiger partial charge on any atom is -0.497 e. The molecule has 0 spiro atoms. The average molecular weight is 565 g/mol. The molecule has 2 N–H and O–H groups in total. The number of allylic oxidation sites excluding steroid dienone is 1. The van der Waals surface area contributed by atoms with E-state index in [1.165, 1.54) is 28.0 Å². The maximum Gasteiger partial charge on any atom is 0.251 e. The monoisotopic (exact) mass is 564 g/mol. The summed E-state index contributed by atoms with van der Waals surface area (Å²) in [6, 6.07) is 8.77. The molecule has 0 bridgehead atoms. The molecule has 1 aliphatic rings. The van der Waals surface area contributed by atoms with Crippen LogP contribution < -0.4 is 15.4 Å². The van der Waals surface area contributed by atoms with E-state index >= 15 is 0 Å². The van der Waals surface area contributed by atoms with E-state index in [0.29, 0.717) is 39.4 Å². The topological polar surface area (TPSA) is 122 Å². The van der Waals surface area contributed by atoms with Crippen molar-refractivity contribution in [2.24, 2.45) is 5.92 Å². The Balaban J connectivity index is 1.47. The number of aryl methyl sites for hydroxylation is 1. The lowest BCUT2D eigenvalue weighted by atomic mass is 9.96. The zero-order valence-electron chi connectivity index (χ0n) is 22.3. The molecule has 39 heavy (non-hydrogen) atoms. The van der Waals surface area contributed by atoms with Crippen molar-refractivity contribution in [1.29, 1.82) is 5.26 Å². The number of thiophene rings is 1. The van der Waals surface area contributed by atoms with E-state index < -0.39 is 6.04 Å². The number of rotatable bonds is 11. The molecule has 0 unspecified atom stereocenters. The van der Waals surface area contributed by atoms with Gasteiger partial charge in [0.1, 0.15) is 16.8 Å². The highest BCUT2D eigenvalue weighted by atomic mass is 32.2. The molecule has 3 aromatic rings. The predicted octanol–water partition coefficient (Wildman–Crippen LogP) is 5.14. The zero-order valence-corrected chi connectivity index (χ0v) is 24.0. The van der Waals surface area contributed by atoms with Crippen LogP contribution in [0.25, 0.3) is 0 Å². The van der Waals surface area contributed by atoms with Crippen molar-refractivity contribution in [2.75, 3.05) is 18.2 Å². The second-order valence-electron chi connectivity index (χ2n) is 9.53. The number of nitrogens with one attached hydrogen (secondary N) is 2. The van der Waals surface area contributed by atoms with Gasteiger partial charge in [0.25, 0.3) is 5.91 Å². The van der Waals surface area contributed by atoms with Crippen molar-refractivity contribution in [3.8, 4) is 11.8 Å². The van der Waals surface area contributed by atoms with Gasteiger partial charge in [-0.15, -0.1) is 28.1 Å². The highest BCUT2D eigenvalue weighted by Gasteiger charge is 2.27. The van der Waals surface area contributed by atoms with E-state index in [0.717, 1.165) is 31.2 Å². The molecule has 1 atom stereocenters. The molecule has 0 aliphatic heterocycles. The average Bonchev–Trinajstić information content (AvgIpc) is 3.50. The van der Waals surface area contributed by atoms with Crippen LogP contribution in [0.2, 0.25) is 0 Å². The van der Waals surface area contributed by atoms with Gasteiger partial charge in [0.15, 0.2) is 11.0 Å². The van der Waals surface area contributed by atoms with Crippen molar-refractivity contribution in [1.82, 2.24) is 20.1 Å². The Morgan fingerprint density at radius 3 is 2.67 bits per heavy atom. The van der Waals surface area contributed by atoms with Crippen molar-refractivity contribution >= 4 is 39.9 Å². The number of benzene rings is 1. The van der Waals surface area contributed by atoms with Crippen LogP contribution in [0, 0.1) is 17.2 Å². The Labute approximate surface area is 236 Å². The maximum absolute atomic E-state index is 13.0. The highest BCUT2D eigenvalue weighted by molar-refractivity contribution is 7.99. The van der Waals surface area contributed by atoms with Crippen molar-refractivity contribution in [3.63, 3.8) is 0 Å². The Morgan fingerprint density at radius 1 is 1.26 bits per heavy atom. The minimum atomic E-state index is -0.411. The standard InChI is InChI=1S/C28H32N6O3S2/c1-5-14-34-25(24(17(2)3)31-26(36)18-10-12-19(37-4)13-11-18)32-33-28(34)38-16-23(35)30-27-21(15-29)20-8-6-7-9-22(20)39-27/h5,10-13,17,24H,1,6-9,14,16H2,2-4H3,(H,30,35)(H,31,36)/t24-/m1/s1. The van der Waals surface area contributed by atoms with Crippen molar-refractivity contribution in [2.45, 2.75) is 57.3 Å². The third kappa shape index (κ3) is 6.52. The number of carbonyl (C=O) groups is 2. The van der Waals surface area contributed by atoms with Crippen LogP contribution in [0.1, 0.15) is 64.9 Å². The second kappa shape index (κ2) is 13.0. The third-order valence-corrected chi connectivity index (χ3v) is 8.68. The molecular formula is C28H32N6O3S2. The second-order valence-corrected chi connectivity index (χ2v) is 11.6. The summed E-state index contributed by atoms with van der Waals surface area (Å²) in [7, 11) is 1.58. The summed E-state index contributed by atoms with van der Waals surface area (Å²) >= 11 is 2.76. The highest BCUT2D eigenvalue weighted by Crippen LogP contribution is 2.37. The van der Waals surface area contributed by atoms with Crippen LogP contribution in [0.5, 0.6) is 5.75 Å². The van der Waals surface area contributed by atoms with Crippen LogP contribution in [-0.2, 0) is 24.2 Å². The molecule has 2 amide bonds. The summed E-state index contributed by atoms with van der Waals surface area (Å²) in [5.41, 5.74) is 2.19. The van der Waals surface area contributed by atoms with Gasteiger partial charge in [-0.2, -0.15) is 5.26 Å². The number of hydrogen-bond donors (Lipinski definition) is 2. The molecule has 2 heterocycles. The first-order valence-corrected chi connectivity index (χ1v) is 14.6. The van der Waals surface area contributed by atoms with Gasteiger partial charge in [-0.3, -0.25) is 9.59 Å². The Kier molecular flexibility index (Phi) is 9.43. The molecule has 9 nitrogen and oxygen atoms in total. The first kappa shape index (κ1) is 28.4. The van der Waals surface area contributed by atoms with Crippen molar-refractivity contribution < 1.29 is 14.3 Å².